The molecule has 0 fully saturated rings. The summed E-state index contributed by atoms with van der Waals surface area (Å²) in [6.45, 7) is 0. The minimum atomic E-state index is -0.205. The van der Waals surface area contributed by atoms with Gasteiger partial charge in [-0.15, -0.1) is 0 Å². The molecule has 0 bridgehead atoms. The van der Waals surface area contributed by atoms with Gasteiger partial charge in [-0.3, -0.25) is 4.79 Å². The average molecular weight is 390 g/mol. The van der Waals surface area contributed by atoms with Crippen LogP contribution in [0.15, 0.2) is 89.4 Å². The number of amides is 1. The summed E-state index contributed by atoms with van der Waals surface area (Å²) in [6, 6.07) is 27.9. The van der Waals surface area contributed by atoms with Gasteiger partial charge in [-0.1, -0.05) is 82.7 Å². The van der Waals surface area contributed by atoms with E-state index in [1.807, 2.05) is 60.7 Å². The number of hydrogen-bond acceptors (Lipinski definition) is 1. The molecule has 0 saturated heterocycles. The second-order valence-corrected chi connectivity index (χ2v) is 6.91. The summed E-state index contributed by atoms with van der Waals surface area (Å²) in [5.41, 5.74) is 5.23. The molecule has 0 spiro atoms. The van der Waals surface area contributed by atoms with Crippen molar-refractivity contribution in [2.45, 2.75) is 0 Å². The van der Waals surface area contributed by atoms with Crippen LogP contribution in [0.4, 0.5) is 5.69 Å². The van der Waals surface area contributed by atoms with E-state index in [2.05, 4.69) is 45.5 Å². The smallest absolute Gasteiger partial charge is 0.236 e. The fraction of sp³-hybridized carbons (Fsp3) is 0.0455. The standard InChI is InChI=1S/C22H16BrNO/c23-17-12-7-13-18(14-17)24-22(25)21-19(15-8-3-1-4-9-15)20(21)16-10-5-2-6-11-16/h1-14,21H,(H,24,25). The van der Waals surface area contributed by atoms with Gasteiger partial charge in [0.15, 0.2) is 0 Å². The van der Waals surface area contributed by atoms with E-state index in [1.54, 1.807) is 0 Å². The molecule has 0 atom stereocenters. The van der Waals surface area contributed by atoms with Gasteiger partial charge in [0.25, 0.3) is 0 Å². The second-order valence-electron chi connectivity index (χ2n) is 5.99. The third-order valence-corrected chi connectivity index (χ3v) is 4.80. The quantitative estimate of drug-likeness (QED) is 0.615. The van der Waals surface area contributed by atoms with Crippen molar-refractivity contribution in [3.8, 4) is 0 Å². The number of anilines is 1. The Labute approximate surface area is 155 Å². The Morgan fingerprint density at radius 2 is 1.32 bits per heavy atom. The van der Waals surface area contributed by atoms with Crippen LogP contribution in [0.2, 0.25) is 0 Å². The van der Waals surface area contributed by atoms with Gasteiger partial charge in [0.2, 0.25) is 5.91 Å². The normalized spacial score (nSPS) is 13.6. The summed E-state index contributed by atoms with van der Waals surface area (Å²) < 4.78 is 0.945. The summed E-state index contributed by atoms with van der Waals surface area (Å²) in [5.74, 6) is -0.195. The third-order valence-electron chi connectivity index (χ3n) is 4.31. The SMILES string of the molecule is O=C(Nc1cccc(Br)c1)C1C(c2ccccc2)=C1c1ccccc1. The lowest BCUT2D eigenvalue weighted by molar-refractivity contribution is -0.116. The molecule has 0 aliphatic heterocycles. The Morgan fingerprint density at radius 3 is 1.84 bits per heavy atom. The molecule has 0 aromatic heterocycles. The van der Waals surface area contributed by atoms with E-state index in [0.717, 1.165) is 32.4 Å². The Hall–Kier alpha value is -2.65. The number of carbonyl (C=O) groups excluding carboxylic acids is 1. The van der Waals surface area contributed by atoms with Gasteiger partial charge in [0.1, 0.15) is 0 Å². The fourth-order valence-corrected chi connectivity index (χ4v) is 3.54. The van der Waals surface area contributed by atoms with Crippen LogP contribution in [0.5, 0.6) is 0 Å². The van der Waals surface area contributed by atoms with E-state index in [9.17, 15) is 4.79 Å². The summed E-state index contributed by atoms with van der Waals surface area (Å²) in [4.78, 5) is 12.9. The van der Waals surface area contributed by atoms with Crippen molar-refractivity contribution >= 4 is 38.7 Å². The van der Waals surface area contributed by atoms with Crippen molar-refractivity contribution in [2.24, 2.45) is 5.92 Å². The van der Waals surface area contributed by atoms with E-state index >= 15 is 0 Å². The van der Waals surface area contributed by atoms with E-state index < -0.39 is 0 Å². The van der Waals surface area contributed by atoms with Crippen LogP contribution in [-0.2, 0) is 4.79 Å². The highest BCUT2D eigenvalue weighted by Gasteiger charge is 2.43. The molecule has 1 N–H and O–H groups in total. The van der Waals surface area contributed by atoms with E-state index in [-0.39, 0.29) is 11.8 Å². The zero-order valence-electron chi connectivity index (χ0n) is 13.4. The summed E-state index contributed by atoms with van der Waals surface area (Å²) in [6.07, 6.45) is 0. The predicted molar refractivity (Wildman–Crippen MR) is 106 cm³/mol. The lowest BCUT2D eigenvalue weighted by Gasteiger charge is -2.07. The molecule has 1 amide bonds. The largest absolute Gasteiger partial charge is 0.325 e. The Balaban J connectivity index is 1.64. The topological polar surface area (TPSA) is 29.1 Å². The van der Waals surface area contributed by atoms with E-state index in [1.165, 1.54) is 0 Å². The Kier molecular flexibility index (Phi) is 4.24. The maximum atomic E-state index is 12.9. The Morgan fingerprint density at radius 1 is 0.760 bits per heavy atom. The average Bonchev–Trinajstić information content (AvgIpc) is 3.39. The Bertz CT molecular complexity index is 899. The molecule has 0 heterocycles. The monoisotopic (exact) mass is 389 g/mol. The third kappa shape index (κ3) is 3.28. The number of hydrogen-bond donors (Lipinski definition) is 1. The van der Waals surface area contributed by atoms with Gasteiger partial charge in [-0.05, 0) is 40.5 Å². The van der Waals surface area contributed by atoms with Gasteiger partial charge >= 0.3 is 0 Å². The molecule has 122 valence electrons. The molecule has 3 aromatic rings. The summed E-state index contributed by atoms with van der Waals surface area (Å²) in [7, 11) is 0. The first-order chi connectivity index (χ1) is 12.2. The molecular weight excluding hydrogens is 374 g/mol. The summed E-state index contributed by atoms with van der Waals surface area (Å²) >= 11 is 3.44. The second kappa shape index (κ2) is 6.69. The number of rotatable bonds is 4. The van der Waals surface area contributed by atoms with Crippen molar-refractivity contribution in [1.29, 1.82) is 0 Å². The minimum absolute atomic E-state index is 0.0100. The molecule has 1 aliphatic carbocycles. The van der Waals surface area contributed by atoms with Crippen LogP contribution in [-0.4, -0.2) is 5.91 Å². The van der Waals surface area contributed by atoms with Gasteiger partial charge in [0, 0.05) is 10.2 Å². The van der Waals surface area contributed by atoms with Crippen molar-refractivity contribution in [3.05, 3.63) is 101 Å². The van der Waals surface area contributed by atoms with Crippen LogP contribution >= 0.6 is 15.9 Å². The lowest BCUT2D eigenvalue weighted by atomic mass is 10.1. The summed E-state index contributed by atoms with van der Waals surface area (Å²) in [5, 5.41) is 3.03. The van der Waals surface area contributed by atoms with Crippen molar-refractivity contribution in [2.75, 3.05) is 5.32 Å². The number of halogens is 1. The number of benzene rings is 3. The first-order valence-electron chi connectivity index (χ1n) is 8.15. The molecule has 0 saturated carbocycles. The number of nitrogens with one attached hydrogen (secondary N) is 1. The van der Waals surface area contributed by atoms with Crippen molar-refractivity contribution in [3.63, 3.8) is 0 Å². The maximum Gasteiger partial charge on any atom is 0.236 e. The highest BCUT2D eigenvalue weighted by atomic mass is 79.9. The zero-order chi connectivity index (χ0) is 17.2. The van der Waals surface area contributed by atoms with E-state index in [4.69, 9.17) is 0 Å². The van der Waals surface area contributed by atoms with Crippen LogP contribution in [0.1, 0.15) is 11.1 Å². The first kappa shape index (κ1) is 15.9. The highest BCUT2D eigenvalue weighted by Crippen LogP contribution is 2.53. The molecule has 2 nitrogen and oxygen atoms in total. The first-order valence-corrected chi connectivity index (χ1v) is 8.94. The fourth-order valence-electron chi connectivity index (χ4n) is 3.14. The molecule has 3 heteroatoms. The maximum absolute atomic E-state index is 12.9. The van der Waals surface area contributed by atoms with Crippen LogP contribution in [0.3, 0.4) is 0 Å². The van der Waals surface area contributed by atoms with E-state index in [0.29, 0.717) is 0 Å². The van der Waals surface area contributed by atoms with Crippen LogP contribution in [0.25, 0.3) is 11.1 Å². The van der Waals surface area contributed by atoms with Gasteiger partial charge < -0.3 is 5.32 Å². The molecule has 4 rings (SSSR count). The molecule has 3 aromatic carbocycles. The highest BCUT2D eigenvalue weighted by molar-refractivity contribution is 9.10. The van der Waals surface area contributed by atoms with Crippen LogP contribution < -0.4 is 5.32 Å². The van der Waals surface area contributed by atoms with Crippen molar-refractivity contribution in [1.82, 2.24) is 0 Å². The minimum Gasteiger partial charge on any atom is -0.325 e. The molecule has 0 unspecified atom stereocenters. The molecule has 25 heavy (non-hydrogen) atoms. The predicted octanol–water partition coefficient (Wildman–Crippen LogP) is 5.63. The molecule has 1 aliphatic rings. The van der Waals surface area contributed by atoms with Crippen molar-refractivity contribution < 1.29 is 4.79 Å². The van der Waals surface area contributed by atoms with Gasteiger partial charge in [-0.25, -0.2) is 0 Å². The van der Waals surface area contributed by atoms with Crippen LogP contribution in [0, 0.1) is 5.92 Å². The van der Waals surface area contributed by atoms with Gasteiger partial charge in [-0.2, -0.15) is 0 Å². The van der Waals surface area contributed by atoms with Gasteiger partial charge in [0.05, 0.1) is 5.92 Å². The zero-order valence-corrected chi connectivity index (χ0v) is 15.0. The number of carbonyl (C=O) groups is 1. The molecular formula is C22H16BrNO. The lowest BCUT2D eigenvalue weighted by Crippen LogP contribution is -2.16. The molecule has 0 radical (unpaired) electrons.